The van der Waals surface area contributed by atoms with Gasteiger partial charge in [-0.1, -0.05) is 176 Å². The summed E-state index contributed by atoms with van der Waals surface area (Å²) in [7, 11) is 0. The molecule has 0 bridgehead atoms. The molecule has 0 fully saturated rings. The van der Waals surface area contributed by atoms with Gasteiger partial charge in [0.05, 0.1) is 26.0 Å². The van der Waals surface area contributed by atoms with Crippen molar-refractivity contribution in [1.29, 1.82) is 0 Å². The van der Waals surface area contributed by atoms with Gasteiger partial charge in [0.15, 0.2) is 17.5 Å². The Bertz CT molecular complexity index is 4320. The van der Waals surface area contributed by atoms with Gasteiger partial charge in [-0.3, -0.25) is 0 Å². The summed E-state index contributed by atoms with van der Waals surface area (Å²) in [6, 6.07) is 12.8. The summed E-state index contributed by atoms with van der Waals surface area (Å²) in [4.78, 5) is 14.3. The standard InChI is InChI=1S/C53H33N3O/c1-3-13-34(14-4-1)35-23-25-36(26-24-35)37-27-29-39(30-28-37)52-54-51(38-15-5-2-6-16-38)55-53(56-52)47-32-41(33-49-50(47)45-21-11-12-22-48(45)57-49)46-31-40-17-7-8-18-42(40)43-19-9-10-20-44(43)46/h1-33H/i1D,2D,3D,4D,5D,6D,11D,12D,13D,14D,15D,16D,21D,22D,23D,24D,25D,26D,33D. The second kappa shape index (κ2) is 13.6. The molecule has 0 spiro atoms. The molecule has 0 radical (unpaired) electrons. The van der Waals surface area contributed by atoms with Crippen molar-refractivity contribution >= 4 is 43.5 Å². The summed E-state index contributed by atoms with van der Waals surface area (Å²) in [5.41, 5.74) is -0.785. The number of para-hydroxylation sites is 1. The lowest BCUT2D eigenvalue weighted by molar-refractivity contribution is 0.669. The summed E-state index contributed by atoms with van der Waals surface area (Å²) in [5.74, 6) is -0.797. The molecule has 2 heterocycles. The van der Waals surface area contributed by atoms with Crippen LogP contribution in [-0.2, 0) is 0 Å². The minimum atomic E-state index is -0.716. The zero-order valence-electron chi connectivity index (χ0n) is 48.3. The first-order chi connectivity index (χ1) is 36.1. The highest BCUT2D eigenvalue weighted by Crippen LogP contribution is 2.42. The molecule has 0 saturated carbocycles. The van der Waals surface area contributed by atoms with E-state index in [1.165, 1.54) is 24.3 Å². The smallest absolute Gasteiger partial charge is 0.164 e. The van der Waals surface area contributed by atoms with Crippen molar-refractivity contribution in [3.63, 3.8) is 0 Å². The van der Waals surface area contributed by atoms with Crippen LogP contribution in [0.25, 0.3) is 111 Å². The summed E-state index contributed by atoms with van der Waals surface area (Å²) >= 11 is 0. The molecule has 4 nitrogen and oxygen atoms in total. The SMILES string of the molecule is [2H]c1c([2H])c([2H])c(-c2nc(-c3ccc(-c4c([2H])c([2H])c(-c5c([2H])c([2H])c([2H])c([2H])c5[2H])c([2H])c4[2H])cc3)nc(-c3cc(-c4cc5ccccc5c5ccccc45)c([2H])c4oc5c([2H])c([2H])c([2H])c([2H])c5c34)n2)c([2H])c1[2H]. The maximum Gasteiger partial charge on any atom is 0.164 e. The van der Waals surface area contributed by atoms with Gasteiger partial charge < -0.3 is 4.42 Å². The Morgan fingerprint density at radius 3 is 1.68 bits per heavy atom. The molecule has 0 N–H and O–H groups in total. The Balaban J connectivity index is 1.19. The van der Waals surface area contributed by atoms with Crippen LogP contribution in [0, 0.1) is 0 Å². The Kier molecular flexibility index (Phi) is 4.46. The van der Waals surface area contributed by atoms with Crippen LogP contribution >= 0.6 is 0 Å². The van der Waals surface area contributed by atoms with Crippen LogP contribution in [0.5, 0.6) is 0 Å². The van der Waals surface area contributed by atoms with Crippen LogP contribution < -0.4 is 0 Å². The zero-order valence-corrected chi connectivity index (χ0v) is 29.3. The van der Waals surface area contributed by atoms with Crippen molar-refractivity contribution in [3.05, 3.63) is 200 Å². The molecule has 11 aromatic rings. The lowest BCUT2D eigenvalue weighted by Gasteiger charge is -2.14. The van der Waals surface area contributed by atoms with Gasteiger partial charge in [-0.05, 0) is 79.1 Å². The van der Waals surface area contributed by atoms with Crippen molar-refractivity contribution in [2.45, 2.75) is 0 Å². The third-order valence-corrected chi connectivity index (χ3v) is 9.61. The van der Waals surface area contributed by atoms with E-state index in [1.54, 1.807) is 6.07 Å². The largest absolute Gasteiger partial charge is 0.456 e. The van der Waals surface area contributed by atoms with Gasteiger partial charge in [-0.2, -0.15) is 0 Å². The molecular formula is C53H33N3O. The molecule has 0 atom stereocenters. The van der Waals surface area contributed by atoms with Crippen LogP contribution in [0.15, 0.2) is 204 Å². The van der Waals surface area contributed by atoms with Crippen molar-refractivity contribution in [1.82, 2.24) is 15.0 Å². The van der Waals surface area contributed by atoms with Crippen molar-refractivity contribution < 1.29 is 30.5 Å². The fourth-order valence-electron chi connectivity index (χ4n) is 6.98. The van der Waals surface area contributed by atoms with E-state index in [4.69, 9.17) is 39.1 Å². The molecule has 0 aliphatic rings. The van der Waals surface area contributed by atoms with Gasteiger partial charge in [0.1, 0.15) is 11.2 Å². The molecule has 57 heavy (non-hydrogen) atoms. The summed E-state index contributed by atoms with van der Waals surface area (Å²) in [6.07, 6.45) is 0. The topological polar surface area (TPSA) is 51.8 Å². The van der Waals surface area contributed by atoms with Gasteiger partial charge in [0.2, 0.25) is 0 Å². The van der Waals surface area contributed by atoms with Gasteiger partial charge in [-0.25, -0.2) is 15.0 Å². The van der Waals surface area contributed by atoms with Crippen molar-refractivity contribution in [2.24, 2.45) is 0 Å². The number of benzene rings is 9. The number of hydrogen-bond donors (Lipinski definition) is 0. The third-order valence-electron chi connectivity index (χ3n) is 9.61. The van der Waals surface area contributed by atoms with Gasteiger partial charge in [0.25, 0.3) is 0 Å². The summed E-state index contributed by atoms with van der Waals surface area (Å²) < 4.78 is 172. The van der Waals surface area contributed by atoms with E-state index < -0.39 is 131 Å². The van der Waals surface area contributed by atoms with E-state index in [-0.39, 0.29) is 67.4 Å². The van der Waals surface area contributed by atoms with Crippen molar-refractivity contribution in [2.75, 3.05) is 0 Å². The lowest BCUT2D eigenvalue weighted by atomic mass is 9.91. The molecule has 0 amide bonds. The maximum atomic E-state index is 9.76. The normalized spacial score (nSPS) is 16.2. The van der Waals surface area contributed by atoms with E-state index in [1.807, 2.05) is 54.6 Å². The molecule has 266 valence electrons. The second-order valence-electron chi connectivity index (χ2n) is 12.9. The van der Waals surface area contributed by atoms with E-state index in [2.05, 4.69) is 4.98 Å². The molecule has 11 rings (SSSR count). The molecular weight excluding hydrogens is 695 g/mol. The Morgan fingerprint density at radius 1 is 0.368 bits per heavy atom. The zero-order chi connectivity index (χ0) is 54.2. The summed E-state index contributed by atoms with van der Waals surface area (Å²) in [5, 5.41) is 3.26. The average Bonchev–Trinajstić information content (AvgIpc) is 3.89. The van der Waals surface area contributed by atoms with Gasteiger partial charge in [-0.15, -0.1) is 0 Å². The minimum absolute atomic E-state index is 0.00996. The fourth-order valence-corrected chi connectivity index (χ4v) is 6.98. The number of fused-ring (bicyclic) bond motifs is 6. The number of aromatic nitrogens is 3. The second-order valence-corrected chi connectivity index (χ2v) is 12.9. The van der Waals surface area contributed by atoms with Gasteiger partial charge >= 0.3 is 0 Å². The van der Waals surface area contributed by atoms with E-state index in [0.29, 0.717) is 5.56 Å². The van der Waals surface area contributed by atoms with Crippen LogP contribution in [0.1, 0.15) is 26.0 Å². The molecule has 0 aliphatic heterocycles. The summed E-state index contributed by atoms with van der Waals surface area (Å²) in [6.45, 7) is 0. The fraction of sp³-hybridized carbons (Fsp3) is 0. The highest BCUT2D eigenvalue weighted by Gasteiger charge is 2.21. The molecule has 0 aliphatic carbocycles. The quantitative estimate of drug-likeness (QED) is 0.159. The van der Waals surface area contributed by atoms with Crippen LogP contribution in [-0.4, -0.2) is 15.0 Å². The highest BCUT2D eigenvalue weighted by atomic mass is 16.3. The predicted octanol–water partition coefficient (Wildman–Crippen LogP) is 14.1. The number of rotatable bonds is 6. The van der Waals surface area contributed by atoms with Crippen LogP contribution in [0.3, 0.4) is 0 Å². The monoisotopic (exact) mass is 746 g/mol. The Hall–Kier alpha value is -7.69. The first-order valence-corrected chi connectivity index (χ1v) is 17.6. The number of nitrogens with zero attached hydrogens (tertiary/aromatic N) is 3. The molecule has 0 unspecified atom stereocenters. The molecule has 2 aromatic heterocycles. The van der Waals surface area contributed by atoms with E-state index >= 15 is 0 Å². The number of furan rings is 1. The molecule has 4 heteroatoms. The third kappa shape index (κ3) is 5.83. The van der Waals surface area contributed by atoms with Crippen LogP contribution in [0.4, 0.5) is 0 Å². The first kappa shape index (κ1) is 18.8. The van der Waals surface area contributed by atoms with Crippen molar-refractivity contribution in [3.8, 4) is 67.5 Å². The van der Waals surface area contributed by atoms with E-state index in [0.717, 1.165) is 21.5 Å². The predicted molar refractivity (Wildman–Crippen MR) is 235 cm³/mol. The minimum Gasteiger partial charge on any atom is -0.456 e. The highest BCUT2D eigenvalue weighted by molar-refractivity contribution is 6.17. The average molecular weight is 747 g/mol. The van der Waals surface area contributed by atoms with E-state index in [9.17, 15) is 1.37 Å². The van der Waals surface area contributed by atoms with Crippen LogP contribution in [0.2, 0.25) is 0 Å². The molecule has 9 aromatic carbocycles. The Labute approximate surface area is 356 Å². The first-order valence-electron chi connectivity index (χ1n) is 27.1. The Morgan fingerprint density at radius 2 is 0.930 bits per heavy atom. The lowest BCUT2D eigenvalue weighted by Crippen LogP contribution is -2.00. The molecule has 0 saturated heterocycles. The maximum absolute atomic E-state index is 9.76. The van der Waals surface area contributed by atoms with Gasteiger partial charge in [0, 0.05) is 27.5 Å². The number of hydrogen-bond acceptors (Lipinski definition) is 4.